The van der Waals surface area contributed by atoms with Crippen LogP contribution in [0.4, 0.5) is 5.69 Å². The van der Waals surface area contributed by atoms with Gasteiger partial charge in [-0.1, -0.05) is 30.3 Å². The zero-order chi connectivity index (χ0) is 13.0. The molecule has 2 aromatic rings. The summed E-state index contributed by atoms with van der Waals surface area (Å²) in [6, 6.07) is 16.0. The van der Waals surface area contributed by atoms with Crippen LogP contribution in [-0.4, -0.2) is 11.0 Å². The van der Waals surface area contributed by atoms with Crippen molar-refractivity contribution < 1.29 is 42.6 Å². The van der Waals surface area contributed by atoms with Crippen molar-refractivity contribution in [2.24, 2.45) is 0 Å². The van der Waals surface area contributed by atoms with Gasteiger partial charge in [-0.25, -0.2) is 0 Å². The van der Waals surface area contributed by atoms with Crippen molar-refractivity contribution in [1.29, 1.82) is 0 Å². The maximum atomic E-state index is 12.0. The second-order valence-electron chi connectivity index (χ2n) is 4.17. The number of anilines is 1. The topological polar surface area (TPSA) is 49.3 Å². The molecule has 0 aromatic heterocycles. The number of phenols is 1. The van der Waals surface area contributed by atoms with Crippen LogP contribution in [0.15, 0.2) is 54.6 Å². The first-order valence-electron chi connectivity index (χ1n) is 5.81. The Balaban J connectivity index is 0.00000180. The Morgan fingerprint density at radius 2 is 1.63 bits per heavy atom. The van der Waals surface area contributed by atoms with Crippen molar-refractivity contribution >= 4 is 11.6 Å². The Labute approximate surface area is 137 Å². The molecule has 0 heterocycles. The summed E-state index contributed by atoms with van der Waals surface area (Å²) in [4.78, 5) is 12.0. The standard InChI is InChI=1S/C15H15NO2.Y/c1-11(12-7-9-14(17)10-8-12)15(18)16-13-5-3-2-4-6-13;/h2-11,17H,1H3,(H,16,18);. The first-order valence-corrected chi connectivity index (χ1v) is 5.81. The van der Waals surface area contributed by atoms with Crippen LogP contribution < -0.4 is 5.32 Å². The van der Waals surface area contributed by atoms with Crippen molar-refractivity contribution in [3.05, 3.63) is 60.2 Å². The van der Waals surface area contributed by atoms with Gasteiger partial charge in [0.2, 0.25) is 5.91 Å². The van der Waals surface area contributed by atoms with Crippen LogP contribution in [-0.2, 0) is 37.5 Å². The molecular formula is C15H15NO2Y. The van der Waals surface area contributed by atoms with Crippen molar-refractivity contribution in [3.63, 3.8) is 0 Å². The predicted molar refractivity (Wildman–Crippen MR) is 71.6 cm³/mol. The first kappa shape index (κ1) is 15.9. The smallest absolute Gasteiger partial charge is 0.231 e. The molecule has 2 N–H and O–H groups in total. The van der Waals surface area contributed by atoms with Crippen LogP contribution >= 0.6 is 0 Å². The van der Waals surface area contributed by atoms with Gasteiger partial charge in [0.1, 0.15) is 5.75 Å². The minimum Gasteiger partial charge on any atom is -0.508 e. The van der Waals surface area contributed by atoms with Gasteiger partial charge in [-0.3, -0.25) is 4.79 Å². The summed E-state index contributed by atoms with van der Waals surface area (Å²) in [5, 5.41) is 12.1. The molecule has 0 aliphatic carbocycles. The Morgan fingerprint density at radius 3 is 2.21 bits per heavy atom. The molecule has 4 heteroatoms. The number of rotatable bonds is 3. The Kier molecular flexibility index (Phi) is 6.19. The van der Waals surface area contributed by atoms with Gasteiger partial charge in [0.25, 0.3) is 0 Å². The first-order chi connectivity index (χ1) is 8.66. The van der Waals surface area contributed by atoms with E-state index in [1.165, 1.54) is 0 Å². The number of para-hydroxylation sites is 1. The number of benzene rings is 2. The van der Waals surface area contributed by atoms with Crippen LogP contribution in [0.25, 0.3) is 0 Å². The molecule has 0 spiro atoms. The molecule has 2 rings (SSSR count). The van der Waals surface area contributed by atoms with Gasteiger partial charge >= 0.3 is 0 Å². The van der Waals surface area contributed by atoms with Crippen molar-refractivity contribution in [3.8, 4) is 5.75 Å². The zero-order valence-corrected chi connectivity index (χ0v) is 13.5. The third kappa shape index (κ3) is 4.44. The van der Waals surface area contributed by atoms with E-state index in [2.05, 4.69) is 5.32 Å². The summed E-state index contributed by atoms with van der Waals surface area (Å²) in [5.74, 6) is -0.118. The number of nitrogens with one attached hydrogen (secondary N) is 1. The number of carbonyl (C=O) groups is 1. The molecule has 1 radical (unpaired) electrons. The average Bonchev–Trinajstić information content (AvgIpc) is 2.40. The maximum Gasteiger partial charge on any atom is 0.231 e. The van der Waals surface area contributed by atoms with Gasteiger partial charge < -0.3 is 10.4 Å². The fraction of sp³-hybridized carbons (Fsp3) is 0.133. The average molecular weight is 330 g/mol. The van der Waals surface area contributed by atoms with E-state index in [0.29, 0.717) is 0 Å². The van der Waals surface area contributed by atoms with E-state index in [-0.39, 0.29) is 50.3 Å². The number of aromatic hydroxyl groups is 1. The molecule has 1 unspecified atom stereocenters. The summed E-state index contributed by atoms with van der Waals surface area (Å²) < 4.78 is 0. The van der Waals surface area contributed by atoms with Crippen molar-refractivity contribution in [2.45, 2.75) is 12.8 Å². The molecule has 95 valence electrons. The van der Waals surface area contributed by atoms with E-state index >= 15 is 0 Å². The molecule has 3 nitrogen and oxygen atoms in total. The van der Waals surface area contributed by atoms with Crippen LogP contribution in [0.5, 0.6) is 5.75 Å². The van der Waals surface area contributed by atoms with E-state index in [1.54, 1.807) is 24.3 Å². The molecule has 1 amide bonds. The molecule has 0 aliphatic heterocycles. The fourth-order valence-electron chi connectivity index (χ4n) is 1.69. The van der Waals surface area contributed by atoms with E-state index in [1.807, 2.05) is 37.3 Å². The number of amides is 1. The number of hydrogen-bond acceptors (Lipinski definition) is 2. The fourth-order valence-corrected chi connectivity index (χ4v) is 1.69. The predicted octanol–water partition coefficient (Wildman–Crippen LogP) is 3.13. The molecule has 2 aromatic carbocycles. The Morgan fingerprint density at radius 1 is 1.05 bits per heavy atom. The maximum absolute atomic E-state index is 12.0. The summed E-state index contributed by atoms with van der Waals surface area (Å²) in [6.07, 6.45) is 0. The van der Waals surface area contributed by atoms with Gasteiger partial charge in [-0.05, 0) is 36.8 Å². The molecule has 0 saturated carbocycles. The molecule has 0 saturated heterocycles. The molecule has 1 atom stereocenters. The summed E-state index contributed by atoms with van der Waals surface area (Å²) in [7, 11) is 0. The van der Waals surface area contributed by atoms with Gasteiger partial charge in [-0.15, -0.1) is 0 Å². The third-order valence-electron chi connectivity index (χ3n) is 2.83. The van der Waals surface area contributed by atoms with E-state index < -0.39 is 0 Å². The monoisotopic (exact) mass is 330 g/mol. The van der Waals surface area contributed by atoms with Crippen LogP contribution in [0.1, 0.15) is 18.4 Å². The van der Waals surface area contributed by atoms with Gasteiger partial charge in [-0.2, -0.15) is 0 Å². The van der Waals surface area contributed by atoms with Crippen molar-refractivity contribution in [2.75, 3.05) is 5.32 Å². The second kappa shape index (κ2) is 7.41. The number of phenolic OH excluding ortho intramolecular Hbond substituents is 1. The molecule has 0 fully saturated rings. The summed E-state index contributed by atoms with van der Waals surface area (Å²) in [6.45, 7) is 1.84. The minimum atomic E-state index is -0.259. The number of carbonyl (C=O) groups excluding carboxylic acids is 1. The molecular weight excluding hydrogens is 315 g/mol. The molecule has 0 bridgehead atoms. The Hall–Kier alpha value is -1.19. The van der Waals surface area contributed by atoms with E-state index in [4.69, 9.17) is 0 Å². The summed E-state index contributed by atoms with van der Waals surface area (Å²) in [5.41, 5.74) is 1.66. The summed E-state index contributed by atoms with van der Waals surface area (Å²) >= 11 is 0. The van der Waals surface area contributed by atoms with E-state index in [9.17, 15) is 9.90 Å². The van der Waals surface area contributed by atoms with Gasteiger partial charge in [0.05, 0.1) is 5.92 Å². The zero-order valence-electron chi connectivity index (χ0n) is 10.7. The number of hydrogen-bond donors (Lipinski definition) is 2. The second-order valence-corrected chi connectivity index (χ2v) is 4.17. The normalized spacial score (nSPS) is 11.2. The van der Waals surface area contributed by atoms with E-state index in [0.717, 1.165) is 11.3 Å². The quantitative estimate of drug-likeness (QED) is 0.908. The van der Waals surface area contributed by atoms with Crippen LogP contribution in [0, 0.1) is 0 Å². The SMILES string of the molecule is CC(C(=O)Nc1ccccc1)c1ccc(O)cc1.[Y]. The largest absolute Gasteiger partial charge is 0.508 e. The van der Waals surface area contributed by atoms with Gasteiger partial charge in [0, 0.05) is 38.4 Å². The van der Waals surface area contributed by atoms with Crippen molar-refractivity contribution in [1.82, 2.24) is 0 Å². The Bertz CT molecular complexity index is 526. The molecule has 0 aliphatic rings. The minimum absolute atomic E-state index is 0. The molecule has 19 heavy (non-hydrogen) atoms. The van der Waals surface area contributed by atoms with Crippen LogP contribution in [0.3, 0.4) is 0 Å². The van der Waals surface area contributed by atoms with Crippen LogP contribution in [0.2, 0.25) is 0 Å². The van der Waals surface area contributed by atoms with Gasteiger partial charge in [0.15, 0.2) is 0 Å². The third-order valence-corrected chi connectivity index (χ3v) is 2.83.